The SMILES string of the molecule is CO.NC1CCC(c2ccc3c(c2)CC[C@H](CCc2ncccn2)C3)C1. The fourth-order valence-electron chi connectivity index (χ4n) is 4.46. The van der Waals surface area contributed by atoms with Gasteiger partial charge >= 0.3 is 0 Å². The summed E-state index contributed by atoms with van der Waals surface area (Å²) in [6.07, 6.45) is 13.2. The van der Waals surface area contributed by atoms with Gasteiger partial charge < -0.3 is 10.8 Å². The summed E-state index contributed by atoms with van der Waals surface area (Å²) in [7, 11) is 1.00. The number of aliphatic hydroxyl groups excluding tert-OH is 1. The highest BCUT2D eigenvalue weighted by Crippen LogP contribution is 2.36. The lowest BCUT2D eigenvalue weighted by Crippen LogP contribution is -2.16. The smallest absolute Gasteiger partial charge is 0.128 e. The third-order valence-corrected chi connectivity index (χ3v) is 5.90. The number of aromatic nitrogens is 2. The minimum atomic E-state index is 0.413. The zero-order chi connectivity index (χ0) is 18.4. The number of aliphatic hydroxyl groups is 1. The van der Waals surface area contributed by atoms with Gasteiger partial charge in [-0.3, -0.25) is 0 Å². The van der Waals surface area contributed by atoms with Crippen molar-refractivity contribution in [3.63, 3.8) is 0 Å². The van der Waals surface area contributed by atoms with E-state index >= 15 is 0 Å². The average molecular weight is 354 g/mol. The van der Waals surface area contributed by atoms with Crippen LogP contribution in [0.25, 0.3) is 0 Å². The predicted octanol–water partition coefficient (Wildman–Crippen LogP) is 3.42. The van der Waals surface area contributed by atoms with Gasteiger partial charge in [-0.2, -0.15) is 0 Å². The molecule has 3 N–H and O–H groups in total. The molecule has 0 spiro atoms. The first-order chi connectivity index (χ1) is 12.8. The molecule has 0 amide bonds. The van der Waals surface area contributed by atoms with Crippen LogP contribution >= 0.6 is 0 Å². The van der Waals surface area contributed by atoms with Gasteiger partial charge in [0, 0.05) is 32.0 Å². The fourth-order valence-corrected chi connectivity index (χ4v) is 4.46. The zero-order valence-corrected chi connectivity index (χ0v) is 15.8. The monoisotopic (exact) mass is 353 g/mol. The van der Waals surface area contributed by atoms with E-state index in [0.29, 0.717) is 12.0 Å². The van der Waals surface area contributed by atoms with Gasteiger partial charge in [-0.1, -0.05) is 18.2 Å². The second-order valence-electron chi connectivity index (χ2n) is 7.61. The lowest BCUT2D eigenvalue weighted by molar-refractivity contribution is 0.399. The number of nitrogens with two attached hydrogens (primary N) is 1. The van der Waals surface area contributed by atoms with E-state index in [1.165, 1.54) is 50.5 Å². The van der Waals surface area contributed by atoms with Crippen LogP contribution in [-0.4, -0.2) is 28.2 Å². The molecule has 0 saturated heterocycles. The quantitative estimate of drug-likeness (QED) is 0.883. The number of fused-ring (bicyclic) bond motifs is 1. The molecule has 26 heavy (non-hydrogen) atoms. The van der Waals surface area contributed by atoms with Gasteiger partial charge in [-0.15, -0.1) is 0 Å². The average Bonchev–Trinajstić information content (AvgIpc) is 3.14. The Bertz CT molecular complexity index is 689. The second-order valence-corrected chi connectivity index (χ2v) is 7.61. The van der Waals surface area contributed by atoms with Crippen LogP contribution in [-0.2, 0) is 19.3 Å². The van der Waals surface area contributed by atoms with Crippen LogP contribution in [0.15, 0.2) is 36.7 Å². The van der Waals surface area contributed by atoms with Gasteiger partial charge in [0.1, 0.15) is 5.82 Å². The number of aryl methyl sites for hydroxylation is 2. The second kappa shape index (κ2) is 9.24. The van der Waals surface area contributed by atoms with E-state index in [-0.39, 0.29) is 0 Å². The largest absolute Gasteiger partial charge is 0.400 e. The molecule has 140 valence electrons. The molecule has 3 atom stereocenters. The first-order valence-corrected chi connectivity index (χ1v) is 9.86. The van der Waals surface area contributed by atoms with Gasteiger partial charge in [0.25, 0.3) is 0 Å². The van der Waals surface area contributed by atoms with Crippen molar-refractivity contribution in [1.29, 1.82) is 0 Å². The summed E-state index contributed by atoms with van der Waals surface area (Å²) < 4.78 is 0. The Morgan fingerprint density at radius 2 is 1.88 bits per heavy atom. The molecule has 2 aliphatic rings. The molecule has 2 unspecified atom stereocenters. The molecule has 1 saturated carbocycles. The van der Waals surface area contributed by atoms with Crippen molar-refractivity contribution in [2.24, 2.45) is 11.7 Å². The van der Waals surface area contributed by atoms with E-state index in [4.69, 9.17) is 10.8 Å². The van der Waals surface area contributed by atoms with Crippen molar-refractivity contribution in [2.75, 3.05) is 7.11 Å². The Labute approximate surface area is 156 Å². The van der Waals surface area contributed by atoms with Crippen molar-refractivity contribution in [1.82, 2.24) is 9.97 Å². The Balaban J connectivity index is 0.000000948. The molecule has 4 rings (SSSR count). The highest BCUT2D eigenvalue weighted by molar-refractivity contribution is 5.36. The predicted molar refractivity (Wildman–Crippen MR) is 105 cm³/mol. The lowest BCUT2D eigenvalue weighted by Gasteiger charge is -2.25. The molecule has 1 heterocycles. The summed E-state index contributed by atoms with van der Waals surface area (Å²) in [4.78, 5) is 8.70. The first kappa shape index (κ1) is 19.0. The zero-order valence-electron chi connectivity index (χ0n) is 15.8. The maximum Gasteiger partial charge on any atom is 0.128 e. The summed E-state index contributed by atoms with van der Waals surface area (Å²) in [5.41, 5.74) is 10.8. The Morgan fingerprint density at radius 1 is 1.08 bits per heavy atom. The van der Waals surface area contributed by atoms with Crippen molar-refractivity contribution in [2.45, 2.75) is 63.3 Å². The Morgan fingerprint density at radius 3 is 2.62 bits per heavy atom. The number of hydrogen-bond acceptors (Lipinski definition) is 4. The molecule has 2 aliphatic carbocycles. The molecule has 2 aromatic rings. The normalized spacial score (nSPS) is 24.5. The van der Waals surface area contributed by atoms with Crippen LogP contribution in [0.1, 0.15) is 60.5 Å². The molecule has 4 nitrogen and oxygen atoms in total. The number of benzene rings is 1. The minimum Gasteiger partial charge on any atom is -0.400 e. The first-order valence-electron chi connectivity index (χ1n) is 9.86. The molecule has 1 aromatic carbocycles. The molecular formula is C22H31N3O. The van der Waals surface area contributed by atoms with Crippen LogP contribution in [0.4, 0.5) is 0 Å². The van der Waals surface area contributed by atoms with E-state index in [1.54, 1.807) is 11.1 Å². The minimum absolute atomic E-state index is 0.413. The third-order valence-electron chi connectivity index (χ3n) is 5.90. The molecule has 0 bridgehead atoms. The van der Waals surface area contributed by atoms with E-state index < -0.39 is 0 Å². The maximum atomic E-state index is 7.00. The molecule has 4 heteroatoms. The standard InChI is InChI=1S/C21H27N3.CH4O/c22-20-8-7-19(14-20)18-6-5-16-12-15(2-4-17(16)13-18)3-9-21-23-10-1-11-24-21;1-2/h1,5-6,10-11,13,15,19-20H,2-4,7-9,12,14,22H2;2H,1H3/t15-,19?,20?;/m1./s1. The molecule has 1 fully saturated rings. The number of rotatable bonds is 4. The highest BCUT2D eigenvalue weighted by Gasteiger charge is 2.25. The summed E-state index contributed by atoms with van der Waals surface area (Å²) in [5, 5.41) is 7.00. The van der Waals surface area contributed by atoms with Gasteiger partial charge in [-0.25, -0.2) is 9.97 Å². The lowest BCUT2D eigenvalue weighted by atomic mass is 9.80. The maximum absolute atomic E-state index is 7.00. The van der Waals surface area contributed by atoms with E-state index in [2.05, 4.69) is 28.2 Å². The van der Waals surface area contributed by atoms with E-state index in [1.807, 2.05) is 18.5 Å². The highest BCUT2D eigenvalue weighted by atomic mass is 16.2. The van der Waals surface area contributed by atoms with Crippen molar-refractivity contribution in [3.05, 3.63) is 59.2 Å². The van der Waals surface area contributed by atoms with E-state index in [0.717, 1.165) is 25.3 Å². The van der Waals surface area contributed by atoms with Crippen LogP contribution in [0, 0.1) is 5.92 Å². The van der Waals surface area contributed by atoms with Crippen LogP contribution in [0.2, 0.25) is 0 Å². The Hall–Kier alpha value is -1.78. The summed E-state index contributed by atoms with van der Waals surface area (Å²) >= 11 is 0. The Kier molecular flexibility index (Phi) is 6.75. The van der Waals surface area contributed by atoms with Gasteiger partial charge in [-0.05, 0) is 79.5 Å². The van der Waals surface area contributed by atoms with Crippen molar-refractivity contribution >= 4 is 0 Å². The van der Waals surface area contributed by atoms with Crippen LogP contribution < -0.4 is 5.73 Å². The molecular weight excluding hydrogens is 322 g/mol. The topological polar surface area (TPSA) is 72.0 Å². The van der Waals surface area contributed by atoms with Crippen molar-refractivity contribution in [3.8, 4) is 0 Å². The van der Waals surface area contributed by atoms with Crippen molar-refractivity contribution < 1.29 is 5.11 Å². The van der Waals surface area contributed by atoms with Crippen LogP contribution in [0.3, 0.4) is 0 Å². The van der Waals surface area contributed by atoms with Gasteiger partial charge in [0.15, 0.2) is 0 Å². The van der Waals surface area contributed by atoms with Crippen LogP contribution in [0.5, 0.6) is 0 Å². The molecule has 0 aliphatic heterocycles. The van der Waals surface area contributed by atoms with E-state index in [9.17, 15) is 0 Å². The number of nitrogens with zero attached hydrogens (tertiary/aromatic N) is 2. The van der Waals surface area contributed by atoms with Gasteiger partial charge in [0.2, 0.25) is 0 Å². The summed E-state index contributed by atoms with van der Waals surface area (Å²) in [6, 6.07) is 9.53. The summed E-state index contributed by atoms with van der Waals surface area (Å²) in [6.45, 7) is 0. The van der Waals surface area contributed by atoms with Gasteiger partial charge in [0.05, 0.1) is 0 Å². The fraction of sp³-hybridized carbons (Fsp3) is 0.545. The molecule has 1 aromatic heterocycles. The number of hydrogen-bond donors (Lipinski definition) is 2. The third kappa shape index (κ3) is 4.68. The molecule has 0 radical (unpaired) electrons. The summed E-state index contributed by atoms with van der Waals surface area (Å²) in [5.74, 6) is 2.45.